The van der Waals surface area contributed by atoms with E-state index in [0.717, 1.165) is 41.0 Å². The Hall–Kier alpha value is -4.38. The van der Waals surface area contributed by atoms with Crippen LogP contribution in [0.5, 0.6) is 5.75 Å². The van der Waals surface area contributed by atoms with E-state index in [4.69, 9.17) is 9.72 Å². The highest BCUT2D eigenvalue weighted by atomic mass is 16.5. The molecule has 0 radical (unpaired) electrons. The maximum atomic E-state index is 12.2. The van der Waals surface area contributed by atoms with E-state index < -0.39 is 0 Å². The van der Waals surface area contributed by atoms with Crippen LogP contribution in [0.4, 0.5) is 0 Å². The zero-order valence-electron chi connectivity index (χ0n) is 20.1. The zero-order chi connectivity index (χ0) is 24.6. The van der Waals surface area contributed by atoms with Crippen molar-refractivity contribution in [2.75, 3.05) is 13.2 Å². The average molecular weight is 476 g/mol. The van der Waals surface area contributed by atoms with E-state index in [-0.39, 0.29) is 5.91 Å². The summed E-state index contributed by atoms with van der Waals surface area (Å²) in [4.78, 5) is 17.0. The summed E-state index contributed by atoms with van der Waals surface area (Å²) >= 11 is 0. The smallest absolute Gasteiger partial charge is 0.243 e. The van der Waals surface area contributed by atoms with E-state index in [1.165, 1.54) is 10.8 Å². The van der Waals surface area contributed by atoms with E-state index >= 15 is 0 Å². The Labute approximate surface area is 211 Å². The van der Waals surface area contributed by atoms with Crippen LogP contribution in [0.1, 0.15) is 17.8 Å². The second-order valence-electron chi connectivity index (χ2n) is 8.66. The third-order valence-electron chi connectivity index (χ3n) is 6.14. The van der Waals surface area contributed by atoms with Gasteiger partial charge in [0, 0.05) is 19.0 Å². The Morgan fingerprint density at radius 3 is 2.56 bits per heavy atom. The molecule has 0 bridgehead atoms. The number of nitrogens with one attached hydrogen (secondary N) is 1. The van der Waals surface area contributed by atoms with Gasteiger partial charge in [-0.05, 0) is 53.1 Å². The molecule has 5 rings (SSSR count). The average Bonchev–Trinajstić information content (AvgIpc) is 3.28. The maximum Gasteiger partial charge on any atom is 0.243 e. The SMILES string of the molecule is O=C(/C=C/c1ccccc1)NCCCc1nc2ccccc2n1CCOc1ccc2ccccc2c1. The number of benzene rings is 4. The number of amides is 1. The van der Waals surface area contributed by atoms with Crippen molar-refractivity contribution in [3.05, 3.63) is 115 Å². The molecule has 1 heterocycles. The van der Waals surface area contributed by atoms with Crippen LogP contribution in [0.2, 0.25) is 0 Å². The van der Waals surface area contributed by atoms with Gasteiger partial charge in [-0.15, -0.1) is 0 Å². The third kappa shape index (κ3) is 5.81. The van der Waals surface area contributed by atoms with Gasteiger partial charge in [0.25, 0.3) is 0 Å². The Kier molecular flexibility index (Phi) is 7.38. The largest absolute Gasteiger partial charge is 0.492 e. The van der Waals surface area contributed by atoms with Gasteiger partial charge in [-0.2, -0.15) is 0 Å². The minimum atomic E-state index is -0.0869. The number of aromatic nitrogens is 2. The zero-order valence-corrected chi connectivity index (χ0v) is 20.1. The first-order valence-electron chi connectivity index (χ1n) is 12.3. The highest BCUT2D eigenvalue weighted by Crippen LogP contribution is 2.21. The van der Waals surface area contributed by atoms with Crippen molar-refractivity contribution < 1.29 is 9.53 Å². The standard InChI is InChI=1S/C31H29N3O2/c35-31(19-16-24-9-2-1-3-10-24)32-20-8-15-30-33-28-13-6-7-14-29(28)34(30)21-22-36-27-18-17-25-11-4-5-12-26(25)23-27/h1-7,9-14,16-19,23H,8,15,20-22H2,(H,32,35)/b19-16+. The number of rotatable bonds is 10. The van der Waals surface area contributed by atoms with E-state index in [1.54, 1.807) is 6.08 Å². The van der Waals surface area contributed by atoms with Crippen LogP contribution in [0.25, 0.3) is 27.9 Å². The molecule has 1 aromatic heterocycles. The summed E-state index contributed by atoms with van der Waals surface area (Å²) in [6.45, 7) is 1.84. The normalized spacial score (nSPS) is 11.3. The lowest BCUT2D eigenvalue weighted by Crippen LogP contribution is -2.23. The van der Waals surface area contributed by atoms with Crippen molar-refractivity contribution in [1.29, 1.82) is 0 Å². The van der Waals surface area contributed by atoms with Crippen molar-refractivity contribution in [2.45, 2.75) is 19.4 Å². The molecule has 0 aliphatic heterocycles. The summed E-state index contributed by atoms with van der Waals surface area (Å²) in [6, 6.07) is 32.5. The number of carbonyl (C=O) groups excluding carboxylic acids is 1. The van der Waals surface area contributed by atoms with E-state index in [0.29, 0.717) is 19.7 Å². The predicted molar refractivity (Wildman–Crippen MR) is 146 cm³/mol. The number of ether oxygens (including phenoxy) is 1. The van der Waals surface area contributed by atoms with Gasteiger partial charge in [0.1, 0.15) is 18.2 Å². The molecule has 0 aliphatic carbocycles. The van der Waals surface area contributed by atoms with E-state index in [2.05, 4.69) is 40.2 Å². The lowest BCUT2D eigenvalue weighted by Gasteiger charge is -2.11. The highest BCUT2D eigenvalue weighted by molar-refractivity contribution is 5.91. The van der Waals surface area contributed by atoms with E-state index in [9.17, 15) is 4.79 Å². The number of hydrogen-bond donors (Lipinski definition) is 1. The van der Waals surface area contributed by atoms with Crippen LogP contribution in [0.3, 0.4) is 0 Å². The maximum absolute atomic E-state index is 12.2. The van der Waals surface area contributed by atoms with Crippen LogP contribution in [-0.4, -0.2) is 28.6 Å². The molecule has 36 heavy (non-hydrogen) atoms. The summed E-state index contributed by atoms with van der Waals surface area (Å²) in [6.07, 6.45) is 4.98. The lowest BCUT2D eigenvalue weighted by atomic mass is 10.1. The van der Waals surface area contributed by atoms with Gasteiger partial charge < -0.3 is 14.6 Å². The monoisotopic (exact) mass is 475 g/mol. The molecule has 0 fully saturated rings. The number of imidazole rings is 1. The topological polar surface area (TPSA) is 56.2 Å². The summed E-state index contributed by atoms with van der Waals surface area (Å²) in [5.74, 6) is 1.79. The second kappa shape index (κ2) is 11.4. The van der Waals surface area contributed by atoms with Crippen molar-refractivity contribution in [1.82, 2.24) is 14.9 Å². The molecule has 1 amide bonds. The van der Waals surface area contributed by atoms with Crippen LogP contribution in [0.15, 0.2) is 103 Å². The fraction of sp³-hybridized carbons (Fsp3) is 0.161. The van der Waals surface area contributed by atoms with Gasteiger partial charge in [0.05, 0.1) is 17.6 Å². The first-order chi connectivity index (χ1) is 17.8. The number of nitrogens with zero attached hydrogens (tertiary/aromatic N) is 2. The van der Waals surface area contributed by atoms with Crippen molar-refractivity contribution in [2.24, 2.45) is 0 Å². The van der Waals surface area contributed by atoms with Gasteiger partial charge in [-0.25, -0.2) is 4.98 Å². The quantitative estimate of drug-likeness (QED) is 0.198. The van der Waals surface area contributed by atoms with Crippen molar-refractivity contribution in [3.8, 4) is 5.75 Å². The van der Waals surface area contributed by atoms with Gasteiger partial charge in [0.15, 0.2) is 0 Å². The summed E-state index contributed by atoms with van der Waals surface area (Å²) in [7, 11) is 0. The minimum Gasteiger partial charge on any atom is -0.492 e. The molecular weight excluding hydrogens is 446 g/mol. The van der Waals surface area contributed by atoms with E-state index in [1.807, 2.05) is 72.8 Å². The van der Waals surface area contributed by atoms with Gasteiger partial charge in [-0.3, -0.25) is 4.79 Å². The Morgan fingerprint density at radius 1 is 0.889 bits per heavy atom. The number of fused-ring (bicyclic) bond motifs is 2. The molecule has 0 atom stereocenters. The van der Waals surface area contributed by atoms with Crippen molar-refractivity contribution in [3.63, 3.8) is 0 Å². The fourth-order valence-electron chi connectivity index (χ4n) is 4.33. The number of para-hydroxylation sites is 2. The van der Waals surface area contributed by atoms with Crippen LogP contribution in [0, 0.1) is 0 Å². The molecule has 1 N–H and O–H groups in total. The molecule has 0 saturated heterocycles. The molecule has 0 unspecified atom stereocenters. The van der Waals surface area contributed by atoms with Crippen LogP contribution < -0.4 is 10.1 Å². The fourth-order valence-corrected chi connectivity index (χ4v) is 4.33. The van der Waals surface area contributed by atoms with Crippen LogP contribution >= 0.6 is 0 Å². The van der Waals surface area contributed by atoms with Gasteiger partial charge in [-0.1, -0.05) is 72.8 Å². The molecular formula is C31H29N3O2. The van der Waals surface area contributed by atoms with Gasteiger partial charge >= 0.3 is 0 Å². The molecule has 4 aromatic carbocycles. The Morgan fingerprint density at radius 2 is 1.67 bits per heavy atom. The molecule has 5 nitrogen and oxygen atoms in total. The molecule has 5 heteroatoms. The second-order valence-corrected chi connectivity index (χ2v) is 8.66. The molecule has 0 spiro atoms. The first kappa shape index (κ1) is 23.4. The summed E-state index contributed by atoms with van der Waals surface area (Å²) < 4.78 is 8.33. The first-order valence-corrected chi connectivity index (χ1v) is 12.3. The number of aryl methyl sites for hydroxylation is 1. The lowest BCUT2D eigenvalue weighted by molar-refractivity contribution is -0.116. The van der Waals surface area contributed by atoms with Crippen molar-refractivity contribution >= 4 is 33.8 Å². The summed E-state index contributed by atoms with van der Waals surface area (Å²) in [5, 5.41) is 5.34. The third-order valence-corrected chi connectivity index (χ3v) is 6.14. The van der Waals surface area contributed by atoms with Gasteiger partial charge in [0.2, 0.25) is 5.91 Å². The molecule has 0 saturated carbocycles. The molecule has 180 valence electrons. The minimum absolute atomic E-state index is 0.0869. The molecule has 5 aromatic rings. The summed E-state index contributed by atoms with van der Waals surface area (Å²) in [5.41, 5.74) is 3.09. The molecule has 0 aliphatic rings. The Balaban J connectivity index is 1.18. The highest BCUT2D eigenvalue weighted by Gasteiger charge is 2.11. The number of hydrogen-bond acceptors (Lipinski definition) is 3. The Bertz CT molecular complexity index is 1490. The van der Waals surface area contributed by atoms with Crippen LogP contribution in [-0.2, 0) is 17.8 Å². The predicted octanol–water partition coefficient (Wildman–Crippen LogP) is 6.03. The number of carbonyl (C=O) groups is 1.